The molecular formula is C26H30F2N4OS. The van der Waals surface area contributed by atoms with Crippen LogP contribution in [0.4, 0.5) is 8.78 Å². The number of likely N-dealkylation sites (tertiary alicyclic amines) is 1. The van der Waals surface area contributed by atoms with Crippen molar-refractivity contribution in [2.24, 2.45) is 0 Å². The van der Waals surface area contributed by atoms with Crippen molar-refractivity contribution >= 4 is 11.8 Å². The fourth-order valence-electron chi connectivity index (χ4n) is 4.81. The standard InChI is InChI=1S/C26H30F2N4OS/c27-22-9-8-21(24(28)15-22)17-31-12-10-20(11-13-31)25-29-30-26(34-18-23-7-4-14-33-23)32(25)16-19-5-2-1-3-6-19/h1-3,5-6,8-9,15,20,23H,4,7,10-14,16-18H2. The van der Waals surface area contributed by atoms with Crippen LogP contribution >= 0.6 is 11.8 Å². The number of hydrogen-bond acceptors (Lipinski definition) is 5. The lowest BCUT2D eigenvalue weighted by Gasteiger charge is -2.31. The molecule has 0 radical (unpaired) electrons. The van der Waals surface area contributed by atoms with Crippen LogP contribution in [0, 0.1) is 11.6 Å². The molecule has 0 amide bonds. The molecule has 3 heterocycles. The number of hydrogen-bond donors (Lipinski definition) is 0. The number of aromatic nitrogens is 3. The Balaban J connectivity index is 1.27. The molecule has 5 rings (SSSR count). The van der Waals surface area contributed by atoms with Gasteiger partial charge in [0.1, 0.15) is 17.5 Å². The highest BCUT2D eigenvalue weighted by molar-refractivity contribution is 7.99. The van der Waals surface area contributed by atoms with Crippen molar-refractivity contribution in [1.82, 2.24) is 19.7 Å². The van der Waals surface area contributed by atoms with E-state index in [4.69, 9.17) is 4.74 Å². The Morgan fingerprint density at radius 3 is 2.53 bits per heavy atom. The van der Waals surface area contributed by atoms with Crippen molar-refractivity contribution in [3.8, 4) is 0 Å². The van der Waals surface area contributed by atoms with Crippen LogP contribution in [0.25, 0.3) is 0 Å². The normalized spacial score (nSPS) is 19.6. The maximum atomic E-state index is 14.1. The lowest BCUT2D eigenvalue weighted by molar-refractivity contribution is 0.129. The molecule has 0 saturated carbocycles. The van der Waals surface area contributed by atoms with Crippen molar-refractivity contribution in [1.29, 1.82) is 0 Å². The Morgan fingerprint density at radius 1 is 0.971 bits per heavy atom. The molecule has 3 aromatic rings. The third-order valence-corrected chi connectivity index (χ3v) is 7.81. The van der Waals surface area contributed by atoms with Gasteiger partial charge in [-0.3, -0.25) is 4.90 Å². The fraction of sp³-hybridized carbons (Fsp3) is 0.462. The van der Waals surface area contributed by atoms with Crippen LogP contribution in [0.5, 0.6) is 0 Å². The van der Waals surface area contributed by atoms with E-state index >= 15 is 0 Å². The van der Waals surface area contributed by atoms with E-state index in [-0.39, 0.29) is 0 Å². The number of nitrogens with zero attached hydrogens (tertiary/aromatic N) is 4. The third kappa shape index (κ3) is 5.67. The molecule has 0 bridgehead atoms. The molecule has 0 spiro atoms. The summed E-state index contributed by atoms with van der Waals surface area (Å²) < 4.78 is 35.4. The van der Waals surface area contributed by atoms with Crippen molar-refractivity contribution in [3.05, 3.63) is 77.1 Å². The molecule has 8 heteroatoms. The molecule has 2 fully saturated rings. The molecule has 1 aromatic heterocycles. The van der Waals surface area contributed by atoms with Gasteiger partial charge in [0, 0.05) is 36.5 Å². The Hall–Kier alpha value is -2.29. The highest BCUT2D eigenvalue weighted by atomic mass is 32.2. The summed E-state index contributed by atoms with van der Waals surface area (Å²) in [6.07, 6.45) is 4.41. The van der Waals surface area contributed by atoms with Gasteiger partial charge in [-0.2, -0.15) is 0 Å². The molecule has 0 aliphatic carbocycles. The van der Waals surface area contributed by atoms with E-state index in [9.17, 15) is 8.78 Å². The van der Waals surface area contributed by atoms with Crippen LogP contribution in [0.1, 0.15) is 48.6 Å². The minimum absolute atomic E-state index is 0.297. The minimum Gasteiger partial charge on any atom is -0.377 e. The lowest BCUT2D eigenvalue weighted by atomic mass is 9.95. The van der Waals surface area contributed by atoms with Gasteiger partial charge in [0.2, 0.25) is 0 Å². The van der Waals surface area contributed by atoms with Crippen molar-refractivity contribution in [2.75, 3.05) is 25.4 Å². The second-order valence-electron chi connectivity index (χ2n) is 9.14. The van der Waals surface area contributed by atoms with Crippen LogP contribution in [-0.4, -0.2) is 51.2 Å². The molecule has 2 aliphatic heterocycles. The lowest BCUT2D eigenvalue weighted by Crippen LogP contribution is -2.33. The van der Waals surface area contributed by atoms with E-state index in [0.29, 0.717) is 24.1 Å². The van der Waals surface area contributed by atoms with Gasteiger partial charge < -0.3 is 9.30 Å². The first-order valence-electron chi connectivity index (χ1n) is 12.0. The monoisotopic (exact) mass is 484 g/mol. The number of halogens is 2. The summed E-state index contributed by atoms with van der Waals surface area (Å²) in [5.74, 6) is 1.23. The number of benzene rings is 2. The summed E-state index contributed by atoms with van der Waals surface area (Å²) in [4.78, 5) is 2.23. The summed E-state index contributed by atoms with van der Waals surface area (Å²) in [6, 6.07) is 14.3. The molecule has 5 nitrogen and oxygen atoms in total. The predicted molar refractivity (Wildman–Crippen MR) is 129 cm³/mol. The van der Waals surface area contributed by atoms with Crippen LogP contribution in [0.2, 0.25) is 0 Å². The molecule has 1 unspecified atom stereocenters. The van der Waals surface area contributed by atoms with Gasteiger partial charge in [0.25, 0.3) is 0 Å². The second-order valence-corrected chi connectivity index (χ2v) is 10.1. The first-order valence-corrected chi connectivity index (χ1v) is 13.0. The maximum absolute atomic E-state index is 14.1. The molecule has 2 aliphatic rings. The van der Waals surface area contributed by atoms with Gasteiger partial charge in [0.15, 0.2) is 5.16 Å². The van der Waals surface area contributed by atoms with E-state index in [1.54, 1.807) is 17.8 Å². The van der Waals surface area contributed by atoms with Gasteiger partial charge in [-0.1, -0.05) is 48.2 Å². The fourth-order valence-corrected chi connectivity index (χ4v) is 5.82. The van der Waals surface area contributed by atoms with Crippen LogP contribution in [0.15, 0.2) is 53.7 Å². The SMILES string of the molecule is Fc1ccc(CN2CCC(c3nnc(SCC4CCCO4)n3Cc3ccccc3)CC2)c(F)c1. The largest absolute Gasteiger partial charge is 0.377 e. The molecule has 2 saturated heterocycles. The second kappa shape index (κ2) is 11.0. The van der Waals surface area contributed by atoms with Crippen LogP contribution < -0.4 is 0 Å². The quantitative estimate of drug-likeness (QED) is 0.408. The maximum Gasteiger partial charge on any atom is 0.191 e. The Morgan fingerprint density at radius 2 is 1.79 bits per heavy atom. The molecule has 180 valence electrons. The number of rotatable bonds is 8. The Labute approximate surface area is 203 Å². The predicted octanol–water partition coefficient (Wildman–Crippen LogP) is 5.26. The van der Waals surface area contributed by atoms with E-state index in [2.05, 4.69) is 43.9 Å². The Bertz CT molecular complexity index is 1080. The van der Waals surface area contributed by atoms with Crippen molar-refractivity contribution in [3.63, 3.8) is 0 Å². The van der Waals surface area contributed by atoms with E-state index in [0.717, 1.165) is 74.7 Å². The molecular weight excluding hydrogens is 454 g/mol. The average molecular weight is 485 g/mol. The smallest absolute Gasteiger partial charge is 0.191 e. The van der Waals surface area contributed by atoms with Crippen LogP contribution in [0.3, 0.4) is 0 Å². The zero-order valence-electron chi connectivity index (χ0n) is 19.2. The van der Waals surface area contributed by atoms with Gasteiger partial charge >= 0.3 is 0 Å². The van der Waals surface area contributed by atoms with E-state index in [1.165, 1.54) is 11.6 Å². The topological polar surface area (TPSA) is 43.2 Å². The van der Waals surface area contributed by atoms with Crippen molar-refractivity contribution in [2.45, 2.75) is 56.0 Å². The summed E-state index contributed by atoms with van der Waals surface area (Å²) in [5.41, 5.74) is 1.77. The van der Waals surface area contributed by atoms with E-state index in [1.807, 2.05) is 6.07 Å². The summed E-state index contributed by atoms with van der Waals surface area (Å²) in [6.45, 7) is 3.79. The van der Waals surface area contributed by atoms with Gasteiger partial charge in [-0.15, -0.1) is 10.2 Å². The zero-order valence-corrected chi connectivity index (χ0v) is 20.0. The van der Waals surface area contributed by atoms with Crippen molar-refractivity contribution < 1.29 is 13.5 Å². The summed E-state index contributed by atoms with van der Waals surface area (Å²) in [7, 11) is 0. The molecule has 0 N–H and O–H groups in total. The highest BCUT2D eigenvalue weighted by Gasteiger charge is 2.27. The van der Waals surface area contributed by atoms with Crippen LogP contribution in [-0.2, 0) is 17.8 Å². The summed E-state index contributed by atoms with van der Waals surface area (Å²) >= 11 is 1.74. The van der Waals surface area contributed by atoms with Gasteiger partial charge in [-0.05, 0) is 50.4 Å². The number of ether oxygens (including phenoxy) is 1. The minimum atomic E-state index is -0.536. The molecule has 2 aromatic carbocycles. The highest BCUT2D eigenvalue weighted by Crippen LogP contribution is 2.32. The Kier molecular flexibility index (Phi) is 7.57. The first-order chi connectivity index (χ1) is 16.7. The zero-order chi connectivity index (χ0) is 23.3. The van der Waals surface area contributed by atoms with Gasteiger partial charge in [-0.25, -0.2) is 8.78 Å². The third-order valence-electron chi connectivity index (χ3n) is 6.71. The number of piperidine rings is 1. The summed E-state index contributed by atoms with van der Waals surface area (Å²) in [5, 5.41) is 10.2. The van der Waals surface area contributed by atoms with E-state index < -0.39 is 11.6 Å². The molecule has 1 atom stereocenters. The first kappa shape index (κ1) is 23.5. The average Bonchev–Trinajstić information content (AvgIpc) is 3.51. The number of thioether (sulfide) groups is 1. The van der Waals surface area contributed by atoms with Gasteiger partial charge in [0.05, 0.1) is 12.6 Å². The molecule has 34 heavy (non-hydrogen) atoms.